The molecule has 0 unspecified atom stereocenters. The Morgan fingerprint density at radius 2 is 1.71 bits per heavy atom. The summed E-state index contributed by atoms with van der Waals surface area (Å²) in [4.78, 5) is 18.2. The number of nitriles is 1. The summed E-state index contributed by atoms with van der Waals surface area (Å²) in [6.07, 6.45) is 0.514. The molecule has 0 radical (unpaired) electrons. The summed E-state index contributed by atoms with van der Waals surface area (Å²) in [7, 11) is 0. The van der Waals surface area contributed by atoms with Gasteiger partial charge < -0.3 is 20.6 Å². The summed E-state index contributed by atoms with van der Waals surface area (Å²) >= 11 is 0. The van der Waals surface area contributed by atoms with E-state index in [0.717, 1.165) is 0 Å². The molecule has 0 spiro atoms. The van der Waals surface area contributed by atoms with E-state index in [1.54, 1.807) is 0 Å². The van der Waals surface area contributed by atoms with Gasteiger partial charge in [-0.15, -0.1) is 0 Å². The zero-order valence-corrected chi connectivity index (χ0v) is 7.43. The third kappa shape index (κ3) is 16.7. The number of carboxylic acid groups (broad SMARTS) is 2. The van der Waals surface area contributed by atoms with Crippen LogP contribution in [-0.4, -0.2) is 47.0 Å². The van der Waals surface area contributed by atoms with Gasteiger partial charge in [-0.25, -0.2) is 9.59 Å². The Morgan fingerprint density at radius 1 is 1.21 bits per heavy atom. The Balaban J connectivity index is 0. The molecule has 7 heteroatoms. The number of rotatable bonds is 4. The van der Waals surface area contributed by atoms with Crippen molar-refractivity contribution in [1.29, 1.82) is 5.26 Å². The molecule has 0 atom stereocenters. The minimum atomic E-state index is -1.82. The second-order valence-corrected chi connectivity index (χ2v) is 1.99. The maximum atomic E-state index is 9.10. The lowest BCUT2D eigenvalue weighted by molar-refractivity contribution is -0.159. The number of hydrogen-bond acceptors (Lipinski definition) is 5. The zero-order valence-electron chi connectivity index (χ0n) is 7.43. The summed E-state index contributed by atoms with van der Waals surface area (Å²) in [6, 6.07) is 1.98. The van der Waals surface area contributed by atoms with E-state index in [2.05, 4.69) is 5.32 Å². The first-order valence-corrected chi connectivity index (χ1v) is 3.71. The fourth-order valence-corrected chi connectivity index (χ4v) is 0.348. The molecule has 0 fully saturated rings. The van der Waals surface area contributed by atoms with Crippen LogP contribution in [0.2, 0.25) is 0 Å². The van der Waals surface area contributed by atoms with Crippen LogP contribution in [0.5, 0.6) is 0 Å². The monoisotopic (exact) mass is 204 g/mol. The molecular formula is C7H12N2O5. The minimum absolute atomic E-state index is 0.144. The lowest BCUT2D eigenvalue weighted by Crippen LogP contribution is -2.18. The second kappa shape index (κ2) is 11.4. The molecule has 0 aromatic carbocycles. The second-order valence-electron chi connectivity index (χ2n) is 1.99. The zero-order chi connectivity index (χ0) is 11.4. The molecule has 0 aromatic rings. The van der Waals surface area contributed by atoms with Crippen LogP contribution in [0.3, 0.4) is 0 Å². The quantitative estimate of drug-likeness (QED) is 0.328. The number of aliphatic carboxylic acids is 2. The Labute approximate surface area is 80.6 Å². The molecule has 0 rings (SSSR count). The van der Waals surface area contributed by atoms with Gasteiger partial charge in [-0.05, 0) is 0 Å². The SMILES string of the molecule is N#CCCNCCO.O=C(O)C(=O)O. The molecule has 0 aromatic heterocycles. The van der Waals surface area contributed by atoms with E-state index < -0.39 is 11.9 Å². The number of nitrogens with one attached hydrogen (secondary N) is 1. The molecule has 0 heterocycles. The predicted molar refractivity (Wildman–Crippen MR) is 45.5 cm³/mol. The number of carbonyl (C=O) groups is 2. The molecular weight excluding hydrogens is 192 g/mol. The molecule has 0 aliphatic rings. The largest absolute Gasteiger partial charge is 0.473 e. The van der Waals surface area contributed by atoms with Gasteiger partial charge in [0.25, 0.3) is 0 Å². The van der Waals surface area contributed by atoms with Crippen LogP contribution < -0.4 is 5.32 Å². The number of nitrogens with zero attached hydrogens (tertiary/aromatic N) is 1. The lowest BCUT2D eigenvalue weighted by atomic mass is 10.5. The minimum Gasteiger partial charge on any atom is -0.473 e. The maximum Gasteiger partial charge on any atom is 0.414 e. The maximum absolute atomic E-state index is 9.10. The van der Waals surface area contributed by atoms with Crippen LogP contribution in [-0.2, 0) is 9.59 Å². The van der Waals surface area contributed by atoms with Crippen LogP contribution in [0.15, 0.2) is 0 Å². The Morgan fingerprint density at radius 3 is 2.00 bits per heavy atom. The molecule has 80 valence electrons. The molecule has 7 nitrogen and oxygen atoms in total. The van der Waals surface area contributed by atoms with Gasteiger partial charge in [0.1, 0.15) is 0 Å². The fraction of sp³-hybridized carbons (Fsp3) is 0.571. The van der Waals surface area contributed by atoms with Crippen molar-refractivity contribution in [2.75, 3.05) is 19.7 Å². The van der Waals surface area contributed by atoms with Gasteiger partial charge in [0.2, 0.25) is 0 Å². The molecule has 0 bridgehead atoms. The highest BCUT2D eigenvalue weighted by Crippen LogP contribution is 1.67. The third-order valence-electron chi connectivity index (χ3n) is 0.885. The van der Waals surface area contributed by atoms with Crippen molar-refractivity contribution in [2.24, 2.45) is 0 Å². The molecule has 0 aliphatic carbocycles. The smallest absolute Gasteiger partial charge is 0.414 e. The average Bonchev–Trinajstić information content (AvgIpc) is 2.13. The highest BCUT2D eigenvalue weighted by atomic mass is 16.4. The molecule has 0 amide bonds. The number of hydrogen-bond donors (Lipinski definition) is 4. The molecule has 14 heavy (non-hydrogen) atoms. The van der Waals surface area contributed by atoms with Gasteiger partial charge in [0.05, 0.1) is 12.7 Å². The van der Waals surface area contributed by atoms with Crippen molar-refractivity contribution in [1.82, 2.24) is 5.32 Å². The van der Waals surface area contributed by atoms with Gasteiger partial charge in [0, 0.05) is 19.5 Å². The lowest BCUT2D eigenvalue weighted by Gasteiger charge is -1.94. The van der Waals surface area contributed by atoms with Crippen LogP contribution in [0.25, 0.3) is 0 Å². The van der Waals surface area contributed by atoms with Crippen molar-refractivity contribution >= 4 is 11.9 Å². The van der Waals surface area contributed by atoms with Gasteiger partial charge in [-0.2, -0.15) is 5.26 Å². The van der Waals surface area contributed by atoms with Gasteiger partial charge >= 0.3 is 11.9 Å². The molecule has 4 N–H and O–H groups in total. The number of aliphatic hydroxyl groups is 1. The highest BCUT2D eigenvalue weighted by molar-refractivity contribution is 6.27. The van der Waals surface area contributed by atoms with Crippen molar-refractivity contribution in [3.63, 3.8) is 0 Å². The topological polar surface area (TPSA) is 131 Å². The third-order valence-corrected chi connectivity index (χ3v) is 0.885. The van der Waals surface area contributed by atoms with E-state index in [9.17, 15) is 0 Å². The Hall–Kier alpha value is -1.65. The van der Waals surface area contributed by atoms with E-state index in [4.69, 9.17) is 30.2 Å². The normalized spacial score (nSPS) is 8.00. The van der Waals surface area contributed by atoms with E-state index in [1.165, 1.54) is 0 Å². The summed E-state index contributed by atoms with van der Waals surface area (Å²) in [5.74, 6) is -3.65. The van der Waals surface area contributed by atoms with Gasteiger partial charge in [-0.1, -0.05) is 0 Å². The van der Waals surface area contributed by atoms with Crippen LogP contribution in [0.4, 0.5) is 0 Å². The molecule has 0 saturated heterocycles. The van der Waals surface area contributed by atoms with E-state index >= 15 is 0 Å². The van der Waals surface area contributed by atoms with Crippen LogP contribution in [0, 0.1) is 11.3 Å². The highest BCUT2D eigenvalue weighted by Gasteiger charge is 2.04. The Bertz CT molecular complexity index is 199. The summed E-state index contributed by atoms with van der Waals surface area (Å²) in [5.41, 5.74) is 0. The van der Waals surface area contributed by atoms with Crippen molar-refractivity contribution in [3.05, 3.63) is 0 Å². The van der Waals surface area contributed by atoms with Crippen LogP contribution in [0.1, 0.15) is 6.42 Å². The summed E-state index contributed by atoms with van der Waals surface area (Å²) in [6.45, 7) is 1.41. The number of carboxylic acids is 2. The summed E-state index contributed by atoms with van der Waals surface area (Å²) in [5, 5.41) is 33.9. The number of aliphatic hydroxyl groups excluding tert-OH is 1. The van der Waals surface area contributed by atoms with E-state index in [0.29, 0.717) is 19.5 Å². The van der Waals surface area contributed by atoms with Gasteiger partial charge in [0.15, 0.2) is 0 Å². The van der Waals surface area contributed by atoms with Crippen molar-refractivity contribution < 1.29 is 24.9 Å². The predicted octanol–water partition coefficient (Wildman–Crippen LogP) is -1.36. The van der Waals surface area contributed by atoms with E-state index in [-0.39, 0.29) is 6.61 Å². The van der Waals surface area contributed by atoms with E-state index in [1.807, 2.05) is 6.07 Å². The first kappa shape index (κ1) is 14.9. The van der Waals surface area contributed by atoms with Crippen molar-refractivity contribution in [2.45, 2.75) is 6.42 Å². The first-order chi connectivity index (χ1) is 6.56. The van der Waals surface area contributed by atoms with Crippen LogP contribution >= 0.6 is 0 Å². The fourth-order valence-electron chi connectivity index (χ4n) is 0.348. The van der Waals surface area contributed by atoms with Crippen molar-refractivity contribution in [3.8, 4) is 6.07 Å². The van der Waals surface area contributed by atoms with Gasteiger partial charge in [-0.3, -0.25) is 0 Å². The Kier molecular flexibility index (Phi) is 12.0. The molecule has 0 saturated carbocycles. The molecule has 0 aliphatic heterocycles. The summed E-state index contributed by atoms with van der Waals surface area (Å²) < 4.78 is 0. The first-order valence-electron chi connectivity index (χ1n) is 3.71. The average molecular weight is 204 g/mol. The standard InChI is InChI=1S/C5H10N2O.C2H2O4/c6-2-1-3-7-4-5-8;3-1(4)2(5)6/h7-8H,1,3-5H2;(H,3,4)(H,5,6).